The molecule has 9 heteroatoms. The van der Waals surface area contributed by atoms with E-state index in [1.807, 2.05) is 32.0 Å². The summed E-state index contributed by atoms with van der Waals surface area (Å²) < 4.78 is 17.3. The van der Waals surface area contributed by atoms with E-state index in [4.69, 9.17) is 25.8 Å². The van der Waals surface area contributed by atoms with E-state index in [0.29, 0.717) is 65.4 Å². The molecule has 0 saturated carbocycles. The minimum atomic E-state index is -0.473. The number of unbranched alkanes of at least 4 members (excludes halogenated alkanes) is 2. The number of H-pyrrole nitrogens is 1. The number of benzene rings is 2. The van der Waals surface area contributed by atoms with Crippen LogP contribution in [0.25, 0.3) is 11.3 Å². The molecule has 0 fully saturated rings. The monoisotopic (exact) mass is 527 g/mol. The molecule has 198 valence electrons. The Morgan fingerprint density at radius 3 is 2.65 bits per heavy atom. The molecule has 0 spiro atoms. The fraction of sp³-hybridized carbons (Fsp3) is 0.429. The van der Waals surface area contributed by atoms with Crippen molar-refractivity contribution in [3.05, 3.63) is 57.7 Å². The van der Waals surface area contributed by atoms with Crippen LogP contribution in [0.1, 0.15) is 66.3 Å². The zero-order valence-corrected chi connectivity index (χ0v) is 22.5. The quantitative estimate of drug-likeness (QED) is 0.284. The van der Waals surface area contributed by atoms with Crippen molar-refractivity contribution in [1.82, 2.24) is 15.1 Å². The van der Waals surface area contributed by atoms with E-state index in [1.54, 1.807) is 24.1 Å². The molecular weight excluding hydrogens is 494 g/mol. The molecule has 8 nitrogen and oxygen atoms in total. The Bertz CT molecular complexity index is 1260. The van der Waals surface area contributed by atoms with E-state index >= 15 is 0 Å². The molecule has 1 amide bonds. The summed E-state index contributed by atoms with van der Waals surface area (Å²) in [6, 6.07) is 8.57. The third kappa shape index (κ3) is 5.40. The number of phenolic OH excluding ortho intramolecular Hbond substituents is 1. The highest BCUT2D eigenvalue weighted by atomic mass is 35.5. The number of aromatic nitrogens is 2. The summed E-state index contributed by atoms with van der Waals surface area (Å²) >= 11 is 6.39. The highest BCUT2D eigenvalue weighted by Gasteiger charge is 2.42. The fourth-order valence-corrected chi connectivity index (χ4v) is 4.80. The largest absolute Gasteiger partial charge is 0.507 e. The van der Waals surface area contributed by atoms with E-state index in [1.165, 1.54) is 0 Å². The first kappa shape index (κ1) is 26.8. The van der Waals surface area contributed by atoms with Gasteiger partial charge in [0.1, 0.15) is 17.1 Å². The normalized spacial score (nSPS) is 14.8. The predicted octanol–water partition coefficient (Wildman–Crippen LogP) is 5.90. The van der Waals surface area contributed by atoms with Crippen LogP contribution in [0.2, 0.25) is 5.02 Å². The standard InChI is InChI=1S/C28H34ClN3O5/c1-5-7-8-12-37-22-10-9-18(15-23(22)36-6-2)27-24-25(19-16-20(29)17(3)14-21(19)33)30-31-26(24)28(34)32(27)11-13-35-4/h9-10,14-16,27,33H,5-8,11-13H2,1-4H3,(H,30,31). The molecule has 2 heterocycles. The number of aryl methyl sites for hydroxylation is 1. The van der Waals surface area contributed by atoms with Gasteiger partial charge in [0.05, 0.1) is 25.9 Å². The number of amides is 1. The third-order valence-electron chi connectivity index (χ3n) is 6.52. The number of fused-ring (bicyclic) bond motifs is 1. The molecule has 4 rings (SSSR count). The van der Waals surface area contributed by atoms with Crippen molar-refractivity contribution in [2.45, 2.75) is 46.1 Å². The number of aromatic hydroxyl groups is 1. The molecule has 37 heavy (non-hydrogen) atoms. The number of rotatable bonds is 12. The first-order chi connectivity index (χ1) is 17.9. The molecule has 3 aromatic rings. The van der Waals surface area contributed by atoms with E-state index in [0.717, 1.165) is 30.4 Å². The number of carbonyl (C=O) groups excluding carboxylic acids is 1. The van der Waals surface area contributed by atoms with Crippen LogP contribution in [0, 0.1) is 6.92 Å². The summed E-state index contributed by atoms with van der Waals surface area (Å²) in [6.07, 6.45) is 3.18. The van der Waals surface area contributed by atoms with Crippen molar-refractivity contribution in [2.24, 2.45) is 0 Å². The number of nitrogens with zero attached hydrogens (tertiary/aromatic N) is 2. The van der Waals surface area contributed by atoms with Gasteiger partial charge in [-0.05, 0) is 55.7 Å². The van der Waals surface area contributed by atoms with Gasteiger partial charge in [-0.25, -0.2) is 0 Å². The van der Waals surface area contributed by atoms with Gasteiger partial charge in [0.15, 0.2) is 11.5 Å². The lowest BCUT2D eigenvalue weighted by atomic mass is 9.95. The lowest BCUT2D eigenvalue weighted by Crippen LogP contribution is -2.32. The molecule has 0 radical (unpaired) electrons. The second kappa shape index (κ2) is 11.9. The first-order valence-corrected chi connectivity index (χ1v) is 13.1. The number of carbonyl (C=O) groups is 1. The van der Waals surface area contributed by atoms with Crippen LogP contribution in [-0.4, -0.2) is 59.6 Å². The smallest absolute Gasteiger partial charge is 0.273 e. The molecule has 1 unspecified atom stereocenters. The maximum Gasteiger partial charge on any atom is 0.273 e. The Labute approximate surface area is 222 Å². The summed E-state index contributed by atoms with van der Waals surface area (Å²) in [5.41, 5.74) is 3.58. The maximum atomic E-state index is 13.5. The number of hydrogen-bond donors (Lipinski definition) is 2. The minimum Gasteiger partial charge on any atom is -0.507 e. The SMILES string of the molecule is CCCCCOc1ccc(C2c3c(-c4cc(Cl)c(C)cc4O)n[nH]c3C(=O)N2CCOC)cc1OCC. The Kier molecular flexibility index (Phi) is 8.61. The zero-order valence-electron chi connectivity index (χ0n) is 21.8. The number of halogens is 1. The molecule has 0 bridgehead atoms. The second-order valence-corrected chi connectivity index (χ2v) is 9.48. The van der Waals surface area contributed by atoms with Crippen LogP contribution < -0.4 is 9.47 Å². The Balaban J connectivity index is 1.80. The number of phenols is 1. The van der Waals surface area contributed by atoms with Crippen LogP contribution in [0.15, 0.2) is 30.3 Å². The van der Waals surface area contributed by atoms with Gasteiger partial charge in [0.2, 0.25) is 0 Å². The van der Waals surface area contributed by atoms with Crippen LogP contribution >= 0.6 is 11.6 Å². The topological polar surface area (TPSA) is 96.9 Å². The van der Waals surface area contributed by atoms with Crippen molar-refractivity contribution >= 4 is 17.5 Å². The number of hydrogen-bond acceptors (Lipinski definition) is 6. The second-order valence-electron chi connectivity index (χ2n) is 9.07. The zero-order chi connectivity index (χ0) is 26.5. The van der Waals surface area contributed by atoms with E-state index in [2.05, 4.69) is 17.1 Å². The Hall–Kier alpha value is -3.23. The maximum absolute atomic E-state index is 13.5. The van der Waals surface area contributed by atoms with Crippen molar-refractivity contribution in [2.75, 3.05) is 33.5 Å². The molecule has 1 aromatic heterocycles. The molecule has 0 aliphatic carbocycles. The summed E-state index contributed by atoms with van der Waals surface area (Å²) in [5, 5.41) is 18.6. The number of aromatic amines is 1. The average Bonchev–Trinajstić information content (AvgIpc) is 3.42. The third-order valence-corrected chi connectivity index (χ3v) is 6.93. The van der Waals surface area contributed by atoms with Gasteiger partial charge in [-0.1, -0.05) is 37.4 Å². The van der Waals surface area contributed by atoms with Crippen molar-refractivity contribution < 1.29 is 24.1 Å². The highest BCUT2D eigenvalue weighted by Crippen LogP contribution is 2.46. The van der Waals surface area contributed by atoms with Crippen LogP contribution in [0.3, 0.4) is 0 Å². The van der Waals surface area contributed by atoms with Crippen molar-refractivity contribution in [3.63, 3.8) is 0 Å². The summed E-state index contributed by atoms with van der Waals surface area (Å²) in [7, 11) is 1.60. The number of methoxy groups -OCH3 is 1. The molecule has 0 saturated heterocycles. The lowest BCUT2D eigenvalue weighted by molar-refractivity contribution is 0.0677. The number of ether oxygens (including phenoxy) is 3. The fourth-order valence-electron chi connectivity index (χ4n) is 4.64. The molecule has 1 aliphatic rings. The average molecular weight is 528 g/mol. The van der Waals surface area contributed by atoms with Gasteiger partial charge in [-0.3, -0.25) is 9.89 Å². The van der Waals surface area contributed by atoms with Crippen LogP contribution in [-0.2, 0) is 4.74 Å². The van der Waals surface area contributed by atoms with Gasteiger partial charge >= 0.3 is 0 Å². The summed E-state index contributed by atoms with van der Waals surface area (Å²) in [4.78, 5) is 15.2. The lowest BCUT2D eigenvalue weighted by Gasteiger charge is -2.27. The van der Waals surface area contributed by atoms with Gasteiger partial charge in [-0.2, -0.15) is 5.10 Å². The molecule has 2 aromatic carbocycles. The summed E-state index contributed by atoms with van der Waals surface area (Å²) in [5.74, 6) is 1.15. The molecule has 1 aliphatic heterocycles. The van der Waals surface area contributed by atoms with E-state index < -0.39 is 6.04 Å². The molecule has 1 atom stereocenters. The Morgan fingerprint density at radius 2 is 1.92 bits per heavy atom. The van der Waals surface area contributed by atoms with Crippen molar-refractivity contribution in [3.8, 4) is 28.5 Å². The van der Waals surface area contributed by atoms with Crippen LogP contribution in [0.4, 0.5) is 0 Å². The first-order valence-electron chi connectivity index (χ1n) is 12.7. The Morgan fingerprint density at radius 1 is 1.11 bits per heavy atom. The van der Waals surface area contributed by atoms with Gasteiger partial charge in [0.25, 0.3) is 5.91 Å². The van der Waals surface area contributed by atoms with E-state index in [-0.39, 0.29) is 11.7 Å². The predicted molar refractivity (Wildman–Crippen MR) is 143 cm³/mol. The summed E-state index contributed by atoms with van der Waals surface area (Å²) in [6.45, 7) is 7.73. The van der Waals surface area contributed by atoms with Gasteiger partial charge in [0, 0.05) is 29.8 Å². The molecule has 2 N–H and O–H groups in total. The van der Waals surface area contributed by atoms with Gasteiger partial charge < -0.3 is 24.2 Å². The van der Waals surface area contributed by atoms with Crippen LogP contribution in [0.5, 0.6) is 17.2 Å². The number of nitrogens with one attached hydrogen (secondary N) is 1. The minimum absolute atomic E-state index is 0.0450. The van der Waals surface area contributed by atoms with Crippen molar-refractivity contribution in [1.29, 1.82) is 0 Å². The highest BCUT2D eigenvalue weighted by molar-refractivity contribution is 6.31. The van der Waals surface area contributed by atoms with Gasteiger partial charge in [-0.15, -0.1) is 0 Å². The molecular formula is C28H34ClN3O5. The van der Waals surface area contributed by atoms with E-state index in [9.17, 15) is 9.90 Å².